The predicted molar refractivity (Wildman–Crippen MR) is 63.2 cm³/mol. The van der Waals surface area contributed by atoms with Gasteiger partial charge in [-0.15, -0.1) is 0 Å². The van der Waals surface area contributed by atoms with Crippen molar-refractivity contribution in [3.05, 3.63) is 29.3 Å². The number of ether oxygens (including phenoxy) is 1. The molecule has 1 unspecified atom stereocenters. The van der Waals surface area contributed by atoms with Crippen molar-refractivity contribution in [2.24, 2.45) is 0 Å². The number of hydrogen-bond acceptors (Lipinski definition) is 3. The summed E-state index contributed by atoms with van der Waals surface area (Å²) < 4.78 is 4.87. The molecule has 0 aliphatic rings. The van der Waals surface area contributed by atoms with Crippen LogP contribution in [0.2, 0.25) is 0 Å². The maximum atomic E-state index is 11.5. The van der Waals surface area contributed by atoms with Crippen LogP contribution in [0.4, 0.5) is 5.69 Å². The fourth-order valence-electron chi connectivity index (χ4n) is 1.33. The van der Waals surface area contributed by atoms with Crippen LogP contribution in [0.3, 0.4) is 0 Å². The summed E-state index contributed by atoms with van der Waals surface area (Å²) in [6.07, 6.45) is -0.547. The van der Waals surface area contributed by atoms with Crippen LogP contribution in [0.15, 0.2) is 18.2 Å². The second-order valence-electron chi connectivity index (χ2n) is 3.70. The van der Waals surface area contributed by atoms with Crippen molar-refractivity contribution in [1.29, 1.82) is 0 Å². The fourth-order valence-corrected chi connectivity index (χ4v) is 1.33. The van der Waals surface area contributed by atoms with Crippen LogP contribution >= 0.6 is 0 Å². The molecule has 1 aromatic rings. The van der Waals surface area contributed by atoms with Crippen LogP contribution < -0.4 is 5.32 Å². The number of amides is 1. The van der Waals surface area contributed by atoms with Crippen molar-refractivity contribution in [1.82, 2.24) is 0 Å². The zero-order valence-electron chi connectivity index (χ0n) is 9.98. The molecule has 1 aromatic carbocycles. The van der Waals surface area contributed by atoms with Gasteiger partial charge < -0.3 is 15.2 Å². The predicted octanol–water partition coefficient (Wildman–Crippen LogP) is 1.67. The van der Waals surface area contributed by atoms with Gasteiger partial charge in [-0.1, -0.05) is 0 Å². The molecule has 5 heteroatoms. The SMILES string of the molecule is COC(C)C(=O)Nc1ccc(C(=O)O)c(C)c1. The minimum atomic E-state index is -0.981. The molecule has 0 radical (unpaired) electrons. The van der Waals surface area contributed by atoms with E-state index in [1.165, 1.54) is 13.2 Å². The average molecular weight is 237 g/mol. The summed E-state index contributed by atoms with van der Waals surface area (Å²) in [4.78, 5) is 22.3. The highest BCUT2D eigenvalue weighted by Crippen LogP contribution is 2.15. The Kier molecular flexibility index (Phi) is 4.23. The number of aromatic carboxylic acids is 1. The number of carbonyl (C=O) groups excluding carboxylic acids is 1. The second-order valence-corrected chi connectivity index (χ2v) is 3.70. The molecule has 0 fully saturated rings. The summed E-state index contributed by atoms with van der Waals surface area (Å²) >= 11 is 0. The first kappa shape index (κ1) is 13.2. The van der Waals surface area contributed by atoms with E-state index < -0.39 is 12.1 Å². The molecule has 0 aliphatic carbocycles. The topological polar surface area (TPSA) is 75.6 Å². The van der Waals surface area contributed by atoms with Crippen molar-refractivity contribution in [2.45, 2.75) is 20.0 Å². The molecular weight excluding hydrogens is 222 g/mol. The van der Waals surface area contributed by atoms with Crippen LogP contribution in [0.5, 0.6) is 0 Å². The number of anilines is 1. The molecule has 92 valence electrons. The highest BCUT2D eigenvalue weighted by atomic mass is 16.5. The van der Waals surface area contributed by atoms with Gasteiger partial charge in [-0.05, 0) is 37.6 Å². The van der Waals surface area contributed by atoms with E-state index in [1.807, 2.05) is 0 Å². The molecule has 0 saturated carbocycles. The van der Waals surface area contributed by atoms with Crippen LogP contribution in [-0.4, -0.2) is 30.2 Å². The Bertz CT molecular complexity index is 442. The number of carboxylic acids is 1. The van der Waals surface area contributed by atoms with Gasteiger partial charge in [0.25, 0.3) is 5.91 Å². The van der Waals surface area contributed by atoms with E-state index in [2.05, 4.69) is 5.32 Å². The highest BCUT2D eigenvalue weighted by Gasteiger charge is 2.13. The molecule has 0 heterocycles. The zero-order chi connectivity index (χ0) is 13.0. The van der Waals surface area contributed by atoms with E-state index in [0.717, 1.165) is 0 Å². The summed E-state index contributed by atoms with van der Waals surface area (Å²) in [5.41, 5.74) is 1.38. The number of benzene rings is 1. The third-order valence-electron chi connectivity index (χ3n) is 2.45. The maximum absolute atomic E-state index is 11.5. The lowest BCUT2D eigenvalue weighted by molar-refractivity contribution is -0.124. The van der Waals surface area contributed by atoms with Crippen molar-refractivity contribution in [3.8, 4) is 0 Å². The van der Waals surface area contributed by atoms with Crippen molar-refractivity contribution >= 4 is 17.6 Å². The van der Waals surface area contributed by atoms with E-state index >= 15 is 0 Å². The van der Waals surface area contributed by atoms with Gasteiger partial charge in [-0.3, -0.25) is 4.79 Å². The molecule has 0 aromatic heterocycles. The summed E-state index contributed by atoms with van der Waals surface area (Å²) in [5.74, 6) is -1.25. The summed E-state index contributed by atoms with van der Waals surface area (Å²) in [6.45, 7) is 3.31. The summed E-state index contributed by atoms with van der Waals surface area (Å²) in [7, 11) is 1.45. The lowest BCUT2D eigenvalue weighted by Gasteiger charge is -2.11. The number of methoxy groups -OCH3 is 1. The number of rotatable bonds is 4. The molecular formula is C12H15NO4. The Morgan fingerprint density at radius 3 is 2.53 bits per heavy atom. The van der Waals surface area contributed by atoms with E-state index in [9.17, 15) is 9.59 Å². The van der Waals surface area contributed by atoms with Crippen LogP contribution in [-0.2, 0) is 9.53 Å². The molecule has 0 bridgehead atoms. The average Bonchev–Trinajstić information content (AvgIpc) is 2.27. The molecule has 1 amide bonds. The Balaban J connectivity index is 2.84. The summed E-state index contributed by atoms with van der Waals surface area (Å²) in [5, 5.41) is 11.5. The van der Waals surface area contributed by atoms with Gasteiger partial charge >= 0.3 is 5.97 Å². The van der Waals surface area contributed by atoms with E-state index in [0.29, 0.717) is 11.3 Å². The lowest BCUT2D eigenvalue weighted by atomic mass is 10.1. The maximum Gasteiger partial charge on any atom is 0.335 e. The second kappa shape index (κ2) is 5.45. The van der Waals surface area contributed by atoms with E-state index in [1.54, 1.807) is 26.0 Å². The quantitative estimate of drug-likeness (QED) is 0.835. The van der Waals surface area contributed by atoms with Crippen LogP contribution in [0, 0.1) is 6.92 Å². The first-order valence-corrected chi connectivity index (χ1v) is 5.13. The molecule has 0 aliphatic heterocycles. The van der Waals surface area contributed by atoms with Gasteiger partial charge in [-0.2, -0.15) is 0 Å². The Morgan fingerprint density at radius 2 is 2.06 bits per heavy atom. The minimum absolute atomic E-state index is 0.225. The van der Waals surface area contributed by atoms with Gasteiger partial charge in [0.1, 0.15) is 6.10 Å². The first-order valence-electron chi connectivity index (χ1n) is 5.13. The van der Waals surface area contributed by atoms with Gasteiger partial charge in [0.2, 0.25) is 0 Å². The van der Waals surface area contributed by atoms with E-state index in [4.69, 9.17) is 9.84 Å². The normalized spacial score (nSPS) is 11.9. The van der Waals surface area contributed by atoms with Gasteiger partial charge in [0.05, 0.1) is 5.56 Å². The van der Waals surface area contributed by atoms with Crippen LogP contribution in [0.1, 0.15) is 22.8 Å². The molecule has 0 saturated heterocycles. The Morgan fingerprint density at radius 1 is 1.41 bits per heavy atom. The monoisotopic (exact) mass is 237 g/mol. The van der Waals surface area contributed by atoms with Crippen molar-refractivity contribution in [2.75, 3.05) is 12.4 Å². The zero-order valence-corrected chi connectivity index (χ0v) is 9.98. The lowest BCUT2D eigenvalue weighted by Crippen LogP contribution is -2.26. The van der Waals surface area contributed by atoms with Crippen molar-refractivity contribution < 1.29 is 19.4 Å². The van der Waals surface area contributed by atoms with Crippen molar-refractivity contribution in [3.63, 3.8) is 0 Å². The fraction of sp³-hybridized carbons (Fsp3) is 0.333. The van der Waals surface area contributed by atoms with Gasteiger partial charge in [0.15, 0.2) is 0 Å². The van der Waals surface area contributed by atoms with Gasteiger partial charge in [-0.25, -0.2) is 4.79 Å². The molecule has 0 spiro atoms. The molecule has 1 rings (SSSR count). The Labute approximate surface area is 99.4 Å². The van der Waals surface area contributed by atoms with Crippen LogP contribution in [0.25, 0.3) is 0 Å². The molecule has 1 atom stereocenters. The first-order chi connectivity index (χ1) is 7.95. The Hall–Kier alpha value is -1.88. The smallest absolute Gasteiger partial charge is 0.335 e. The largest absolute Gasteiger partial charge is 0.478 e. The number of aryl methyl sites for hydroxylation is 1. The molecule has 17 heavy (non-hydrogen) atoms. The third-order valence-corrected chi connectivity index (χ3v) is 2.45. The number of nitrogens with one attached hydrogen (secondary N) is 1. The highest BCUT2D eigenvalue weighted by molar-refractivity contribution is 5.95. The summed E-state index contributed by atoms with van der Waals surface area (Å²) in [6, 6.07) is 4.63. The molecule has 5 nitrogen and oxygen atoms in total. The third kappa shape index (κ3) is 3.29. The van der Waals surface area contributed by atoms with E-state index in [-0.39, 0.29) is 11.5 Å². The van der Waals surface area contributed by atoms with Gasteiger partial charge in [0, 0.05) is 12.8 Å². The number of hydrogen-bond donors (Lipinski definition) is 2. The number of carboxylic acid groups (broad SMARTS) is 1. The standard InChI is InChI=1S/C12H15NO4/c1-7-6-9(4-5-10(7)12(15)16)13-11(14)8(2)17-3/h4-6,8H,1-3H3,(H,13,14)(H,15,16). The minimum Gasteiger partial charge on any atom is -0.478 e. The molecule has 2 N–H and O–H groups in total. The number of carbonyl (C=O) groups is 2.